The van der Waals surface area contributed by atoms with Crippen LogP contribution in [0.4, 0.5) is 5.13 Å². The van der Waals surface area contributed by atoms with E-state index in [4.69, 9.17) is 4.74 Å². The minimum absolute atomic E-state index is 0.00398. The lowest BCUT2D eigenvalue weighted by molar-refractivity contribution is -0.143. The minimum atomic E-state index is -0.775. The number of aromatic nitrogens is 1. The number of thiazole rings is 1. The van der Waals surface area contributed by atoms with E-state index in [2.05, 4.69) is 10.3 Å². The molecule has 3 amide bonds. The molecule has 1 aliphatic rings. The summed E-state index contributed by atoms with van der Waals surface area (Å²) in [6, 6.07) is 0. The van der Waals surface area contributed by atoms with Gasteiger partial charge in [0, 0.05) is 25.3 Å². The maximum atomic E-state index is 11.7. The van der Waals surface area contributed by atoms with Crippen LogP contribution in [0.2, 0.25) is 0 Å². The standard InChI is InChI=1S/C12H13N3O5S/c1-7(16)13-12-14-8(6-21-12)11(19)20-5-10(18)15-4-2-3-9(15)17/h6H,2-5H2,1H3,(H,13,14,16). The third kappa shape index (κ3) is 3.85. The molecule has 0 radical (unpaired) electrons. The largest absolute Gasteiger partial charge is 0.451 e. The van der Waals surface area contributed by atoms with Gasteiger partial charge in [-0.25, -0.2) is 9.78 Å². The highest BCUT2D eigenvalue weighted by molar-refractivity contribution is 7.14. The summed E-state index contributed by atoms with van der Waals surface area (Å²) in [7, 11) is 0. The topological polar surface area (TPSA) is 106 Å². The zero-order chi connectivity index (χ0) is 15.4. The van der Waals surface area contributed by atoms with Crippen molar-refractivity contribution in [3.63, 3.8) is 0 Å². The van der Waals surface area contributed by atoms with Crippen LogP contribution in [0, 0.1) is 0 Å². The number of nitrogens with zero attached hydrogens (tertiary/aromatic N) is 2. The summed E-state index contributed by atoms with van der Waals surface area (Å²) in [4.78, 5) is 50.5. The molecule has 0 atom stereocenters. The van der Waals surface area contributed by atoms with Gasteiger partial charge >= 0.3 is 5.97 Å². The van der Waals surface area contributed by atoms with Crippen molar-refractivity contribution < 1.29 is 23.9 Å². The van der Waals surface area contributed by atoms with Gasteiger partial charge < -0.3 is 10.1 Å². The number of amides is 3. The molecule has 9 heteroatoms. The summed E-state index contributed by atoms with van der Waals surface area (Å²) in [6.45, 7) is 1.18. The molecule has 1 aliphatic heterocycles. The van der Waals surface area contributed by atoms with Crippen molar-refractivity contribution in [2.24, 2.45) is 0 Å². The number of hydrogen-bond acceptors (Lipinski definition) is 7. The third-order valence-corrected chi connectivity index (χ3v) is 3.46. The van der Waals surface area contributed by atoms with E-state index in [9.17, 15) is 19.2 Å². The smallest absolute Gasteiger partial charge is 0.358 e. The molecular weight excluding hydrogens is 298 g/mol. The van der Waals surface area contributed by atoms with Gasteiger partial charge in [-0.05, 0) is 6.42 Å². The van der Waals surface area contributed by atoms with Crippen molar-refractivity contribution in [1.29, 1.82) is 0 Å². The van der Waals surface area contributed by atoms with Crippen LogP contribution in [-0.2, 0) is 19.1 Å². The van der Waals surface area contributed by atoms with E-state index in [1.165, 1.54) is 12.3 Å². The molecule has 1 aromatic rings. The normalized spacial score (nSPS) is 14.1. The van der Waals surface area contributed by atoms with Gasteiger partial charge in [0.1, 0.15) is 0 Å². The fourth-order valence-corrected chi connectivity index (χ4v) is 2.49. The molecule has 8 nitrogen and oxygen atoms in total. The first-order valence-corrected chi connectivity index (χ1v) is 7.09. The van der Waals surface area contributed by atoms with Crippen LogP contribution >= 0.6 is 11.3 Å². The lowest BCUT2D eigenvalue weighted by Gasteiger charge is -2.12. The molecular formula is C12H13N3O5S. The molecule has 2 rings (SSSR count). The van der Waals surface area contributed by atoms with Gasteiger partial charge in [0.05, 0.1) is 0 Å². The van der Waals surface area contributed by atoms with E-state index in [1.807, 2.05) is 0 Å². The Labute approximate surface area is 124 Å². The van der Waals surface area contributed by atoms with Gasteiger partial charge in [-0.1, -0.05) is 0 Å². The number of carbonyl (C=O) groups is 4. The molecule has 21 heavy (non-hydrogen) atoms. The van der Waals surface area contributed by atoms with E-state index in [1.54, 1.807) is 0 Å². The molecule has 1 aromatic heterocycles. The van der Waals surface area contributed by atoms with Crippen LogP contribution in [0.1, 0.15) is 30.3 Å². The van der Waals surface area contributed by atoms with Gasteiger partial charge in [-0.2, -0.15) is 0 Å². The fraction of sp³-hybridized carbons (Fsp3) is 0.417. The maximum Gasteiger partial charge on any atom is 0.358 e. The highest BCUT2D eigenvalue weighted by Gasteiger charge is 2.27. The van der Waals surface area contributed by atoms with Gasteiger partial charge in [-0.15, -0.1) is 11.3 Å². The van der Waals surface area contributed by atoms with Gasteiger partial charge in [0.25, 0.3) is 5.91 Å². The summed E-state index contributed by atoms with van der Waals surface area (Å²) in [6.07, 6.45) is 0.969. The fourth-order valence-electron chi connectivity index (χ4n) is 1.77. The van der Waals surface area contributed by atoms with Gasteiger partial charge in [0.15, 0.2) is 17.4 Å². The van der Waals surface area contributed by atoms with Crippen molar-refractivity contribution >= 4 is 40.2 Å². The molecule has 0 aromatic carbocycles. The van der Waals surface area contributed by atoms with E-state index >= 15 is 0 Å². The van der Waals surface area contributed by atoms with Gasteiger partial charge in [-0.3, -0.25) is 19.3 Å². The SMILES string of the molecule is CC(=O)Nc1nc(C(=O)OCC(=O)N2CCCC2=O)cs1. The Morgan fingerprint density at radius 3 is 2.86 bits per heavy atom. The molecule has 112 valence electrons. The summed E-state index contributed by atoms with van der Waals surface area (Å²) in [5.41, 5.74) is 0.00398. The number of rotatable bonds is 4. The van der Waals surface area contributed by atoms with Crippen LogP contribution in [0.5, 0.6) is 0 Å². The first-order valence-electron chi connectivity index (χ1n) is 6.21. The van der Waals surface area contributed by atoms with Crippen LogP contribution in [0.3, 0.4) is 0 Å². The summed E-state index contributed by atoms with van der Waals surface area (Å²) < 4.78 is 4.82. The Morgan fingerprint density at radius 2 is 2.24 bits per heavy atom. The minimum Gasteiger partial charge on any atom is -0.451 e. The number of anilines is 1. The van der Waals surface area contributed by atoms with Crippen LogP contribution in [0.15, 0.2) is 5.38 Å². The highest BCUT2D eigenvalue weighted by atomic mass is 32.1. The maximum absolute atomic E-state index is 11.7. The average Bonchev–Trinajstić information content (AvgIpc) is 3.04. The van der Waals surface area contributed by atoms with E-state index in [0.717, 1.165) is 16.2 Å². The Kier molecular flexibility index (Phi) is 4.63. The first kappa shape index (κ1) is 15.1. The lowest BCUT2D eigenvalue weighted by atomic mass is 10.4. The van der Waals surface area contributed by atoms with Crippen LogP contribution in [0.25, 0.3) is 0 Å². The van der Waals surface area contributed by atoms with E-state index < -0.39 is 18.5 Å². The first-order chi connectivity index (χ1) is 9.97. The second kappa shape index (κ2) is 6.44. The number of esters is 1. The van der Waals surface area contributed by atoms with Crippen molar-refractivity contribution in [3.05, 3.63) is 11.1 Å². The molecule has 1 saturated heterocycles. The monoisotopic (exact) mass is 311 g/mol. The lowest BCUT2D eigenvalue weighted by Crippen LogP contribution is -2.35. The molecule has 0 unspecified atom stereocenters. The molecule has 0 aliphatic carbocycles. The Bertz CT molecular complexity index is 597. The van der Waals surface area contributed by atoms with E-state index in [-0.39, 0.29) is 22.6 Å². The number of nitrogens with one attached hydrogen (secondary N) is 1. The quantitative estimate of drug-likeness (QED) is 0.807. The number of imide groups is 1. The second-order valence-electron chi connectivity index (χ2n) is 4.34. The van der Waals surface area contributed by atoms with Crippen LogP contribution in [-0.4, -0.2) is 46.7 Å². The van der Waals surface area contributed by atoms with E-state index in [0.29, 0.717) is 19.4 Å². The number of hydrogen-bond donors (Lipinski definition) is 1. The molecule has 0 saturated carbocycles. The van der Waals surface area contributed by atoms with Crippen molar-refractivity contribution in [3.8, 4) is 0 Å². The van der Waals surface area contributed by atoms with Crippen LogP contribution < -0.4 is 5.32 Å². The Morgan fingerprint density at radius 1 is 1.48 bits per heavy atom. The Balaban J connectivity index is 1.86. The molecule has 2 heterocycles. The summed E-state index contributed by atoms with van der Waals surface area (Å²) >= 11 is 1.07. The molecule has 1 fully saturated rings. The van der Waals surface area contributed by atoms with Crippen molar-refractivity contribution in [2.75, 3.05) is 18.5 Å². The second-order valence-corrected chi connectivity index (χ2v) is 5.20. The summed E-state index contributed by atoms with van der Waals surface area (Å²) in [5.74, 6) is -1.87. The number of carbonyl (C=O) groups excluding carboxylic acids is 4. The predicted molar refractivity (Wildman–Crippen MR) is 72.7 cm³/mol. The number of likely N-dealkylation sites (tertiary alicyclic amines) is 1. The predicted octanol–water partition coefficient (Wildman–Crippen LogP) is 0.407. The zero-order valence-corrected chi connectivity index (χ0v) is 12.1. The average molecular weight is 311 g/mol. The summed E-state index contributed by atoms with van der Waals surface area (Å²) in [5, 5.41) is 4.13. The zero-order valence-electron chi connectivity index (χ0n) is 11.2. The molecule has 1 N–H and O–H groups in total. The third-order valence-electron chi connectivity index (χ3n) is 2.70. The van der Waals surface area contributed by atoms with Crippen molar-refractivity contribution in [1.82, 2.24) is 9.88 Å². The van der Waals surface area contributed by atoms with Gasteiger partial charge in [0.2, 0.25) is 11.8 Å². The van der Waals surface area contributed by atoms with Crippen molar-refractivity contribution in [2.45, 2.75) is 19.8 Å². The highest BCUT2D eigenvalue weighted by Crippen LogP contribution is 2.16. The number of ether oxygens (including phenoxy) is 1. The molecule has 0 bridgehead atoms. The molecule has 0 spiro atoms. The Hall–Kier alpha value is -2.29.